The third-order valence-corrected chi connectivity index (χ3v) is 3.05. The summed E-state index contributed by atoms with van der Waals surface area (Å²) in [6.45, 7) is 7.40. The average molecular weight is 246 g/mol. The second kappa shape index (κ2) is 6.03. The van der Waals surface area contributed by atoms with Crippen molar-refractivity contribution < 1.29 is 4.74 Å². The van der Waals surface area contributed by atoms with E-state index in [1.54, 1.807) is 0 Å². The molecule has 0 saturated carbocycles. The van der Waals surface area contributed by atoms with Gasteiger partial charge in [0.15, 0.2) is 0 Å². The Morgan fingerprint density at radius 2 is 2.11 bits per heavy atom. The summed E-state index contributed by atoms with van der Waals surface area (Å²) in [4.78, 5) is 0. The van der Waals surface area contributed by atoms with E-state index in [4.69, 9.17) is 10.5 Å². The second-order valence-electron chi connectivity index (χ2n) is 5.03. The van der Waals surface area contributed by atoms with Crippen molar-refractivity contribution in [2.75, 3.05) is 13.2 Å². The molecule has 1 heterocycles. The van der Waals surface area contributed by atoms with Crippen LogP contribution < -0.4 is 5.73 Å². The third-order valence-electron chi connectivity index (χ3n) is 3.05. The minimum atomic E-state index is 0.588. The third kappa shape index (κ3) is 2.92. The molecule has 2 N–H and O–H groups in total. The van der Waals surface area contributed by atoms with Gasteiger partial charge in [0.2, 0.25) is 0 Å². The lowest BCUT2D eigenvalue weighted by molar-refractivity contribution is 0.104. The van der Waals surface area contributed by atoms with Crippen LogP contribution in [0.25, 0.3) is 10.9 Å². The molecule has 0 fully saturated rings. The van der Waals surface area contributed by atoms with E-state index < -0.39 is 0 Å². The predicted molar refractivity (Wildman–Crippen MR) is 75.5 cm³/mol. The van der Waals surface area contributed by atoms with Crippen LogP contribution in [0.2, 0.25) is 0 Å². The number of rotatable bonds is 6. The van der Waals surface area contributed by atoms with Gasteiger partial charge in [-0.3, -0.25) is 0 Å². The van der Waals surface area contributed by atoms with E-state index in [0.29, 0.717) is 12.5 Å². The van der Waals surface area contributed by atoms with Crippen LogP contribution in [0.1, 0.15) is 19.4 Å². The molecule has 0 atom stereocenters. The number of hydrogen-bond acceptors (Lipinski definition) is 2. The molecule has 2 aromatic rings. The van der Waals surface area contributed by atoms with Gasteiger partial charge in [-0.05, 0) is 23.6 Å². The zero-order chi connectivity index (χ0) is 13.0. The van der Waals surface area contributed by atoms with Crippen molar-refractivity contribution in [2.45, 2.75) is 26.9 Å². The highest BCUT2D eigenvalue weighted by Crippen LogP contribution is 2.19. The van der Waals surface area contributed by atoms with Crippen molar-refractivity contribution in [3.8, 4) is 0 Å². The van der Waals surface area contributed by atoms with Crippen LogP contribution >= 0.6 is 0 Å². The maximum absolute atomic E-state index is 5.75. The lowest BCUT2D eigenvalue weighted by Crippen LogP contribution is -2.08. The Kier molecular flexibility index (Phi) is 4.39. The van der Waals surface area contributed by atoms with E-state index in [0.717, 1.165) is 19.8 Å². The largest absolute Gasteiger partial charge is 0.379 e. The first-order valence-electron chi connectivity index (χ1n) is 6.57. The summed E-state index contributed by atoms with van der Waals surface area (Å²) in [5.41, 5.74) is 8.19. The van der Waals surface area contributed by atoms with Crippen LogP contribution in [0.15, 0.2) is 30.5 Å². The van der Waals surface area contributed by atoms with Crippen LogP contribution in [0.5, 0.6) is 0 Å². The van der Waals surface area contributed by atoms with Gasteiger partial charge in [-0.15, -0.1) is 0 Å². The van der Waals surface area contributed by atoms with Crippen LogP contribution in [0.3, 0.4) is 0 Å². The highest BCUT2D eigenvalue weighted by Gasteiger charge is 2.04. The maximum atomic E-state index is 5.75. The number of fused-ring (bicyclic) bond motifs is 1. The van der Waals surface area contributed by atoms with E-state index in [9.17, 15) is 0 Å². The first-order valence-corrected chi connectivity index (χ1v) is 6.57. The molecule has 0 spiro atoms. The zero-order valence-corrected chi connectivity index (χ0v) is 11.2. The monoisotopic (exact) mass is 246 g/mol. The van der Waals surface area contributed by atoms with Crippen molar-refractivity contribution in [2.24, 2.45) is 11.7 Å². The number of nitrogens with zero attached hydrogens (tertiary/aromatic N) is 1. The summed E-state index contributed by atoms with van der Waals surface area (Å²) in [5, 5.41) is 1.25. The molecular weight excluding hydrogens is 224 g/mol. The fourth-order valence-corrected chi connectivity index (χ4v) is 2.14. The standard InChI is InChI=1S/C15H22N2O/c1-12(2)11-18-9-8-17-7-6-14-13(10-16)4-3-5-15(14)17/h3-7,12H,8-11,16H2,1-2H3. The Morgan fingerprint density at radius 3 is 2.83 bits per heavy atom. The van der Waals surface area contributed by atoms with E-state index in [-0.39, 0.29) is 0 Å². The van der Waals surface area contributed by atoms with Gasteiger partial charge in [0.25, 0.3) is 0 Å². The summed E-state index contributed by atoms with van der Waals surface area (Å²) in [7, 11) is 0. The number of benzene rings is 1. The fraction of sp³-hybridized carbons (Fsp3) is 0.467. The summed E-state index contributed by atoms with van der Waals surface area (Å²) in [6.07, 6.45) is 2.11. The van der Waals surface area contributed by atoms with E-state index in [1.807, 2.05) is 0 Å². The fourth-order valence-electron chi connectivity index (χ4n) is 2.14. The van der Waals surface area contributed by atoms with Gasteiger partial charge in [0.05, 0.1) is 6.61 Å². The maximum Gasteiger partial charge on any atom is 0.0645 e. The van der Waals surface area contributed by atoms with E-state index >= 15 is 0 Å². The Labute approximate surface area is 109 Å². The number of ether oxygens (including phenoxy) is 1. The minimum Gasteiger partial charge on any atom is -0.379 e. The first kappa shape index (κ1) is 13.1. The zero-order valence-electron chi connectivity index (χ0n) is 11.2. The second-order valence-corrected chi connectivity index (χ2v) is 5.03. The molecule has 2 rings (SSSR count). The van der Waals surface area contributed by atoms with Gasteiger partial charge in [0, 0.05) is 36.8 Å². The van der Waals surface area contributed by atoms with Crippen LogP contribution in [0, 0.1) is 5.92 Å². The Balaban J connectivity index is 2.05. The molecule has 0 unspecified atom stereocenters. The van der Waals surface area contributed by atoms with Gasteiger partial charge in [0.1, 0.15) is 0 Å². The molecule has 3 heteroatoms. The summed E-state index contributed by atoms with van der Waals surface area (Å²) < 4.78 is 7.86. The van der Waals surface area contributed by atoms with Crippen molar-refractivity contribution in [3.63, 3.8) is 0 Å². The Bertz CT molecular complexity index is 502. The molecular formula is C15H22N2O. The van der Waals surface area contributed by atoms with E-state index in [1.165, 1.54) is 16.5 Å². The lowest BCUT2D eigenvalue weighted by Gasteiger charge is -2.09. The molecule has 0 aliphatic heterocycles. The van der Waals surface area contributed by atoms with Gasteiger partial charge in [-0.2, -0.15) is 0 Å². The molecule has 0 saturated heterocycles. The summed E-state index contributed by atoms with van der Waals surface area (Å²) in [5.74, 6) is 0.593. The molecule has 1 aromatic heterocycles. The average Bonchev–Trinajstić information content (AvgIpc) is 2.77. The number of hydrogen-bond donors (Lipinski definition) is 1. The first-order chi connectivity index (χ1) is 8.72. The van der Waals surface area contributed by atoms with Gasteiger partial charge in [-0.25, -0.2) is 0 Å². The molecule has 0 aliphatic carbocycles. The highest BCUT2D eigenvalue weighted by atomic mass is 16.5. The normalized spacial score (nSPS) is 11.6. The van der Waals surface area contributed by atoms with Crippen molar-refractivity contribution in [1.82, 2.24) is 4.57 Å². The molecule has 0 amide bonds. The minimum absolute atomic E-state index is 0.588. The Hall–Kier alpha value is -1.32. The van der Waals surface area contributed by atoms with Crippen LogP contribution in [0.4, 0.5) is 0 Å². The molecule has 0 aliphatic rings. The van der Waals surface area contributed by atoms with E-state index in [2.05, 4.69) is 48.9 Å². The SMILES string of the molecule is CC(C)COCCn1ccc2c(CN)cccc21. The topological polar surface area (TPSA) is 40.2 Å². The predicted octanol–water partition coefficient (Wildman–Crippen LogP) is 2.77. The molecule has 98 valence electrons. The quantitative estimate of drug-likeness (QED) is 0.796. The highest BCUT2D eigenvalue weighted by molar-refractivity contribution is 5.83. The number of aromatic nitrogens is 1. The van der Waals surface area contributed by atoms with Crippen LogP contribution in [-0.4, -0.2) is 17.8 Å². The van der Waals surface area contributed by atoms with Gasteiger partial charge < -0.3 is 15.0 Å². The lowest BCUT2D eigenvalue weighted by atomic mass is 10.1. The Morgan fingerprint density at radius 1 is 1.28 bits per heavy atom. The van der Waals surface area contributed by atoms with Gasteiger partial charge >= 0.3 is 0 Å². The van der Waals surface area contributed by atoms with Crippen molar-refractivity contribution >= 4 is 10.9 Å². The smallest absolute Gasteiger partial charge is 0.0645 e. The van der Waals surface area contributed by atoms with Crippen molar-refractivity contribution in [1.29, 1.82) is 0 Å². The molecule has 1 aromatic carbocycles. The molecule has 0 radical (unpaired) electrons. The summed E-state index contributed by atoms with van der Waals surface area (Å²) >= 11 is 0. The van der Waals surface area contributed by atoms with Crippen molar-refractivity contribution in [3.05, 3.63) is 36.0 Å². The summed E-state index contributed by atoms with van der Waals surface area (Å²) in [6, 6.07) is 8.43. The van der Waals surface area contributed by atoms with Gasteiger partial charge in [-0.1, -0.05) is 26.0 Å². The molecule has 0 bridgehead atoms. The molecule has 3 nitrogen and oxygen atoms in total. The van der Waals surface area contributed by atoms with Crippen LogP contribution in [-0.2, 0) is 17.8 Å². The molecule has 18 heavy (non-hydrogen) atoms. The number of nitrogens with two attached hydrogens (primary N) is 1.